The van der Waals surface area contributed by atoms with Crippen LogP contribution in [0.2, 0.25) is 0 Å². The van der Waals surface area contributed by atoms with E-state index in [1.165, 1.54) is 0 Å². The number of hydrogen-bond acceptors (Lipinski definition) is 7. The molecule has 6 nitrogen and oxygen atoms in total. The van der Waals surface area contributed by atoms with E-state index in [0.717, 1.165) is 26.5 Å². The van der Waals surface area contributed by atoms with E-state index >= 15 is 0 Å². The van der Waals surface area contributed by atoms with Crippen molar-refractivity contribution in [3.05, 3.63) is 55.0 Å². The van der Waals surface area contributed by atoms with Gasteiger partial charge in [-0.15, -0.1) is 11.3 Å². The van der Waals surface area contributed by atoms with Gasteiger partial charge in [-0.1, -0.05) is 12.1 Å². The molecule has 0 amide bonds. The largest absolute Gasteiger partial charge is 0.481 e. The van der Waals surface area contributed by atoms with Crippen LogP contribution in [0.5, 0.6) is 5.88 Å². The van der Waals surface area contributed by atoms with Crippen LogP contribution in [0.4, 0.5) is 11.6 Å². The predicted octanol–water partition coefficient (Wildman–Crippen LogP) is 3.90. The molecule has 0 spiro atoms. The lowest BCUT2D eigenvalue weighted by molar-refractivity contribution is 0.398. The standard InChI is InChI=1S/C17H13N5OS/c1-23-15-8-12(6-7-18-15)21-17-19-9-11(10-20-17)16-22-13-4-2-3-5-14(13)24-16/h2-10H,1H3,(H,18,19,20,21). The number of rotatable bonds is 4. The summed E-state index contributed by atoms with van der Waals surface area (Å²) in [6, 6.07) is 11.7. The molecule has 1 aromatic carbocycles. The smallest absolute Gasteiger partial charge is 0.227 e. The highest BCUT2D eigenvalue weighted by Crippen LogP contribution is 2.29. The van der Waals surface area contributed by atoms with Crippen molar-refractivity contribution in [2.45, 2.75) is 0 Å². The van der Waals surface area contributed by atoms with Crippen LogP contribution < -0.4 is 10.1 Å². The third-order valence-corrected chi connectivity index (χ3v) is 4.48. The molecule has 4 aromatic rings. The molecule has 4 rings (SSSR count). The zero-order chi connectivity index (χ0) is 16.4. The highest BCUT2D eigenvalue weighted by Gasteiger charge is 2.07. The summed E-state index contributed by atoms with van der Waals surface area (Å²) in [5.74, 6) is 1.04. The molecule has 0 radical (unpaired) electrons. The van der Waals surface area contributed by atoms with Crippen LogP contribution in [-0.2, 0) is 0 Å². The first-order valence-corrected chi connectivity index (χ1v) is 8.08. The van der Waals surface area contributed by atoms with Crippen LogP contribution in [0, 0.1) is 0 Å². The summed E-state index contributed by atoms with van der Waals surface area (Å²) in [4.78, 5) is 17.4. The Labute approximate surface area is 142 Å². The number of pyridine rings is 1. The van der Waals surface area contributed by atoms with Crippen molar-refractivity contribution in [2.75, 3.05) is 12.4 Å². The SMILES string of the molecule is COc1cc(Nc2ncc(-c3nc4ccccc4s3)cn2)ccn1. The number of anilines is 2. The highest BCUT2D eigenvalue weighted by atomic mass is 32.1. The molecular formula is C17H13N5OS. The number of aromatic nitrogens is 4. The molecule has 0 aliphatic heterocycles. The van der Waals surface area contributed by atoms with Gasteiger partial charge in [0.05, 0.1) is 17.3 Å². The Balaban J connectivity index is 1.57. The lowest BCUT2D eigenvalue weighted by Gasteiger charge is -2.06. The fourth-order valence-corrected chi connectivity index (χ4v) is 3.17. The molecule has 0 fully saturated rings. The number of hydrogen-bond donors (Lipinski definition) is 1. The third kappa shape index (κ3) is 2.89. The van der Waals surface area contributed by atoms with Crippen LogP contribution in [0.1, 0.15) is 0 Å². The zero-order valence-corrected chi connectivity index (χ0v) is 13.6. The van der Waals surface area contributed by atoms with Gasteiger partial charge in [-0.2, -0.15) is 0 Å². The Morgan fingerprint density at radius 2 is 1.88 bits per heavy atom. The second-order valence-corrected chi connectivity index (χ2v) is 6.02. The van der Waals surface area contributed by atoms with E-state index in [2.05, 4.69) is 31.3 Å². The van der Waals surface area contributed by atoms with Gasteiger partial charge in [-0.3, -0.25) is 0 Å². The first kappa shape index (κ1) is 14.5. The van der Waals surface area contributed by atoms with Crippen LogP contribution >= 0.6 is 11.3 Å². The molecule has 24 heavy (non-hydrogen) atoms. The molecule has 0 unspecified atom stereocenters. The minimum Gasteiger partial charge on any atom is -0.481 e. The van der Waals surface area contributed by atoms with Crippen molar-refractivity contribution in [3.8, 4) is 16.5 Å². The number of para-hydroxylation sites is 1. The summed E-state index contributed by atoms with van der Waals surface area (Å²) in [6.07, 6.45) is 5.20. The normalized spacial score (nSPS) is 10.7. The molecule has 0 aliphatic carbocycles. The molecule has 1 N–H and O–H groups in total. The monoisotopic (exact) mass is 335 g/mol. The lowest BCUT2D eigenvalue weighted by atomic mass is 10.3. The topological polar surface area (TPSA) is 72.8 Å². The van der Waals surface area contributed by atoms with Gasteiger partial charge < -0.3 is 10.1 Å². The van der Waals surface area contributed by atoms with E-state index in [1.807, 2.05) is 24.3 Å². The van der Waals surface area contributed by atoms with Gasteiger partial charge in [0.25, 0.3) is 0 Å². The highest BCUT2D eigenvalue weighted by molar-refractivity contribution is 7.21. The zero-order valence-electron chi connectivity index (χ0n) is 12.8. The van der Waals surface area contributed by atoms with Gasteiger partial charge in [0.15, 0.2) is 0 Å². The van der Waals surface area contributed by atoms with E-state index in [9.17, 15) is 0 Å². The van der Waals surface area contributed by atoms with Gasteiger partial charge in [-0.05, 0) is 18.2 Å². The molecule has 3 heterocycles. The van der Waals surface area contributed by atoms with Gasteiger partial charge in [0.2, 0.25) is 11.8 Å². The van der Waals surface area contributed by atoms with Crippen LogP contribution in [0.25, 0.3) is 20.8 Å². The lowest BCUT2D eigenvalue weighted by Crippen LogP contribution is -1.97. The van der Waals surface area contributed by atoms with Crippen molar-refractivity contribution in [1.29, 1.82) is 0 Å². The molecule has 0 saturated heterocycles. The predicted molar refractivity (Wildman–Crippen MR) is 94.7 cm³/mol. The van der Waals surface area contributed by atoms with Crippen molar-refractivity contribution in [2.24, 2.45) is 0 Å². The second-order valence-electron chi connectivity index (χ2n) is 4.99. The minimum atomic E-state index is 0.508. The number of fused-ring (bicyclic) bond motifs is 1. The molecule has 0 atom stereocenters. The molecule has 0 aliphatic rings. The summed E-state index contributed by atoms with van der Waals surface area (Å²) in [6.45, 7) is 0. The second kappa shape index (κ2) is 6.21. The Morgan fingerprint density at radius 3 is 2.67 bits per heavy atom. The van der Waals surface area contributed by atoms with E-state index in [0.29, 0.717) is 11.8 Å². The van der Waals surface area contributed by atoms with Gasteiger partial charge >= 0.3 is 0 Å². The van der Waals surface area contributed by atoms with Gasteiger partial charge in [-0.25, -0.2) is 19.9 Å². The van der Waals surface area contributed by atoms with E-state index in [4.69, 9.17) is 4.74 Å². The number of nitrogens with one attached hydrogen (secondary N) is 1. The maximum Gasteiger partial charge on any atom is 0.227 e. The van der Waals surface area contributed by atoms with Crippen molar-refractivity contribution in [3.63, 3.8) is 0 Å². The van der Waals surface area contributed by atoms with Crippen LogP contribution in [-0.4, -0.2) is 27.0 Å². The van der Waals surface area contributed by atoms with E-state index in [1.54, 1.807) is 43.1 Å². The molecule has 0 bridgehead atoms. The van der Waals surface area contributed by atoms with Gasteiger partial charge in [0.1, 0.15) is 5.01 Å². The summed E-state index contributed by atoms with van der Waals surface area (Å²) >= 11 is 1.63. The van der Waals surface area contributed by atoms with Crippen molar-refractivity contribution < 1.29 is 4.74 Å². The Morgan fingerprint density at radius 1 is 1.04 bits per heavy atom. The molecular weight excluding hydrogens is 322 g/mol. The number of methoxy groups -OCH3 is 1. The fourth-order valence-electron chi connectivity index (χ4n) is 2.23. The minimum absolute atomic E-state index is 0.508. The first-order chi connectivity index (χ1) is 11.8. The average Bonchev–Trinajstić information content (AvgIpc) is 3.06. The summed E-state index contributed by atoms with van der Waals surface area (Å²) in [5, 5.41) is 4.04. The summed E-state index contributed by atoms with van der Waals surface area (Å²) < 4.78 is 6.25. The molecule has 3 aromatic heterocycles. The molecule has 7 heteroatoms. The molecule has 0 saturated carbocycles. The van der Waals surface area contributed by atoms with E-state index < -0.39 is 0 Å². The fraction of sp³-hybridized carbons (Fsp3) is 0.0588. The number of benzene rings is 1. The van der Waals surface area contributed by atoms with Crippen molar-refractivity contribution >= 4 is 33.2 Å². The maximum absolute atomic E-state index is 5.10. The average molecular weight is 335 g/mol. The number of ether oxygens (including phenoxy) is 1. The summed E-state index contributed by atoms with van der Waals surface area (Å²) in [7, 11) is 1.58. The Hall–Kier alpha value is -3.06. The van der Waals surface area contributed by atoms with Crippen LogP contribution in [0.3, 0.4) is 0 Å². The van der Waals surface area contributed by atoms with Gasteiger partial charge in [0, 0.05) is 35.9 Å². The number of thiazole rings is 1. The van der Waals surface area contributed by atoms with Crippen molar-refractivity contribution in [1.82, 2.24) is 19.9 Å². The quantitative estimate of drug-likeness (QED) is 0.610. The first-order valence-electron chi connectivity index (χ1n) is 7.27. The van der Waals surface area contributed by atoms with E-state index in [-0.39, 0.29) is 0 Å². The maximum atomic E-state index is 5.10. The van der Waals surface area contributed by atoms with Crippen LogP contribution in [0.15, 0.2) is 55.0 Å². The Bertz CT molecular complexity index is 951. The summed E-state index contributed by atoms with van der Waals surface area (Å²) in [5.41, 5.74) is 2.70. The third-order valence-electron chi connectivity index (χ3n) is 3.39. The Kier molecular flexibility index (Phi) is 3.76. The molecule has 118 valence electrons. The number of nitrogens with zero attached hydrogens (tertiary/aromatic N) is 4.